The van der Waals surface area contributed by atoms with Crippen molar-refractivity contribution in [2.24, 2.45) is 0 Å². The van der Waals surface area contributed by atoms with E-state index in [4.69, 9.17) is 0 Å². The largest absolute Gasteiger partial charge is 0.491 e. The van der Waals surface area contributed by atoms with Gasteiger partial charge in [0.05, 0.1) is 10.3 Å². The first-order valence-corrected chi connectivity index (χ1v) is 5.21. The zero-order valence-corrected chi connectivity index (χ0v) is 9.21. The SMILES string of the molecule is O=C(OC(=O)C(F)(F)F)c1cccc2nnsc12. The molecule has 1 aromatic heterocycles. The molecular weight excluding hydrogens is 273 g/mol. The van der Waals surface area contributed by atoms with Crippen molar-refractivity contribution in [3.05, 3.63) is 23.8 Å². The molecule has 18 heavy (non-hydrogen) atoms. The lowest BCUT2D eigenvalue weighted by molar-refractivity contribution is -0.193. The van der Waals surface area contributed by atoms with Crippen LogP contribution in [-0.2, 0) is 9.53 Å². The maximum atomic E-state index is 11.9. The third-order valence-corrected chi connectivity index (χ3v) is 2.69. The number of ether oxygens (including phenoxy) is 1. The standard InChI is InChI=1S/C9H3F3N2O3S/c10-9(11,12)8(16)17-7(15)4-2-1-3-5-6(4)18-14-13-5/h1-3H. The second-order valence-corrected chi connectivity index (χ2v) is 3.86. The number of aromatic nitrogens is 2. The van der Waals surface area contributed by atoms with Gasteiger partial charge in [-0.05, 0) is 23.7 Å². The summed E-state index contributed by atoms with van der Waals surface area (Å²) in [4.78, 5) is 21.9. The Bertz CT molecular complexity index is 623. The fourth-order valence-corrected chi connectivity index (χ4v) is 1.83. The summed E-state index contributed by atoms with van der Waals surface area (Å²) in [6.45, 7) is 0. The Kier molecular flexibility index (Phi) is 2.99. The predicted octanol–water partition coefficient (Wildman–Crippen LogP) is 1.94. The Hall–Kier alpha value is -2.03. The zero-order chi connectivity index (χ0) is 13.3. The van der Waals surface area contributed by atoms with Crippen LogP contribution in [-0.4, -0.2) is 27.7 Å². The maximum absolute atomic E-state index is 11.9. The van der Waals surface area contributed by atoms with Gasteiger partial charge >= 0.3 is 18.1 Å². The van der Waals surface area contributed by atoms with Crippen LogP contribution < -0.4 is 0 Å². The van der Waals surface area contributed by atoms with E-state index in [2.05, 4.69) is 14.3 Å². The molecule has 0 fully saturated rings. The summed E-state index contributed by atoms with van der Waals surface area (Å²) in [6.07, 6.45) is -5.21. The molecule has 2 rings (SSSR count). The Morgan fingerprint density at radius 2 is 2.00 bits per heavy atom. The van der Waals surface area contributed by atoms with Crippen LogP contribution in [0.3, 0.4) is 0 Å². The van der Waals surface area contributed by atoms with Gasteiger partial charge in [0.1, 0.15) is 5.52 Å². The van der Waals surface area contributed by atoms with Gasteiger partial charge in [-0.25, -0.2) is 9.59 Å². The fourth-order valence-electron chi connectivity index (χ4n) is 1.16. The normalized spacial score (nSPS) is 11.5. The number of hydrogen-bond donors (Lipinski definition) is 0. The lowest BCUT2D eigenvalue weighted by Crippen LogP contribution is -2.28. The van der Waals surface area contributed by atoms with Crippen LogP contribution in [0.25, 0.3) is 10.2 Å². The van der Waals surface area contributed by atoms with Gasteiger partial charge in [-0.3, -0.25) is 0 Å². The molecule has 94 valence electrons. The number of alkyl halides is 3. The van der Waals surface area contributed by atoms with Crippen LogP contribution in [0.15, 0.2) is 18.2 Å². The van der Waals surface area contributed by atoms with Gasteiger partial charge in [0.2, 0.25) is 0 Å². The van der Waals surface area contributed by atoms with Gasteiger partial charge < -0.3 is 4.74 Å². The van der Waals surface area contributed by atoms with Crippen LogP contribution in [0.1, 0.15) is 10.4 Å². The number of halogens is 3. The van der Waals surface area contributed by atoms with E-state index in [0.717, 1.165) is 11.5 Å². The van der Waals surface area contributed by atoms with Gasteiger partial charge in [0.25, 0.3) is 0 Å². The van der Waals surface area contributed by atoms with Gasteiger partial charge in [-0.2, -0.15) is 13.2 Å². The minimum absolute atomic E-state index is 0.180. The van der Waals surface area contributed by atoms with Crippen molar-refractivity contribution in [2.75, 3.05) is 0 Å². The molecule has 0 saturated heterocycles. The Balaban J connectivity index is 2.30. The van der Waals surface area contributed by atoms with Gasteiger partial charge in [0, 0.05) is 0 Å². The smallest absolute Gasteiger partial charge is 0.383 e. The molecule has 0 spiro atoms. The highest BCUT2D eigenvalue weighted by Crippen LogP contribution is 2.23. The summed E-state index contributed by atoms with van der Waals surface area (Å²) in [6, 6.07) is 4.16. The Labute approximate surface area is 101 Å². The van der Waals surface area contributed by atoms with Crippen molar-refractivity contribution in [3.8, 4) is 0 Å². The monoisotopic (exact) mass is 276 g/mol. The van der Waals surface area contributed by atoms with Crippen molar-refractivity contribution >= 4 is 33.7 Å². The second kappa shape index (κ2) is 4.33. The van der Waals surface area contributed by atoms with E-state index < -0.39 is 18.1 Å². The van der Waals surface area contributed by atoms with E-state index in [1.165, 1.54) is 18.2 Å². The van der Waals surface area contributed by atoms with Crippen LogP contribution in [0.4, 0.5) is 13.2 Å². The Morgan fingerprint density at radius 1 is 1.28 bits per heavy atom. The number of carbonyl (C=O) groups excluding carboxylic acids is 2. The second-order valence-electron chi connectivity index (χ2n) is 3.10. The van der Waals surface area contributed by atoms with Crippen molar-refractivity contribution in [1.82, 2.24) is 9.59 Å². The first-order valence-electron chi connectivity index (χ1n) is 4.44. The van der Waals surface area contributed by atoms with E-state index >= 15 is 0 Å². The van der Waals surface area contributed by atoms with E-state index in [9.17, 15) is 22.8 Å². The quantitative estimate of drug-likeness (QED) is 0.588. The molecule has 0 radical (unpaired) electrons. The summed E-state index contributed by atoms with van der Waals surface area (Å²) in [5.41, 5.74) is 0.161. The molecule has 0 saturated carbocycles. The summed E-state index contributed by atoms with van der Waals surface area (Å²) in [7, 11) is 0. The number of benzene rings is 1. The average molecular weight is 276 g/mol. The highest BCUT2D eigenvalue weighted by molar-refractivity contribution is 7.13. The molecule has 0 aliphatic heterocycles. The molecule has 0 aliphatic rings. The lowest BCUT2D eigenvalue weighted by atomic mass is 10.2. The van der Waals surface area contributed by atoms with Crippen LogP contribution in [0.5, 0.6) is 0 Å². The molecular formula is C9H3F3N2O3S. The number of nitrogens with zero attached hydrogens (tertiary/aromatic N) is 2. The third-order valence-electron chi connectivity index (χ3n) is 1.91. The molecule has 0 amide bonds. The van der Waals surface area contributed by atoms with Gasteiger partial charge in [-0.1, -0.05) is 10.6 Å². The number of carbonyl (C=O) groups is 2. The molecule has 0 N–H and O–H groups in total. The highest BCUT2D eigenvalue weighted by Gasteiger charge is 2.42. The molecule has 0 aliphatic carbocycles. The van der Waals surface area contributed by atoms with Crippen molar-refractivity contribution in [3.63, 3.8) is 0 Å². The first-order chi connectivity index (χ1) is 8.39. The van der Waals surface area contributed by atoms with E-state index in [-0.39, 0.29) is 10.3 Å². The number of rotatable bonds is 1. The van der Waals surface area contributed by atoms with E-state index in [0.29, 0.717) is 5.52 Å². The van der Waals surface area contributed by atoms with Crippen LogP contribution >= 0.6 is 11.5 Å². The summed E-state index contributed by atoms with van der Waals surface area (Å²) < 4.78 is 43.3. The van der Waals surface area contributed by atoms with Crippen molar-refractivity contribution in [2.45, 2.75) is 6.18 Å². The molecule has 0 unspecified atom stereocenters. The average Bonchev–Trinajstić information content (AvgIpc) is 2.74. The third kappa shape index (κ3) is 2.30. The minimum Gasteiger partial charge on any atom is -0.383 e. The number of fused-ring (bicyclic) bond motifs is 1. The van der Waals surface area contributed by atoms with Crippen LogP contribution in [0, 0.1) is 0 Å². The van der Waals surface area contributed by atoms with Crippen LogP contribution in [0.2, 0.25) is 0 Å². The molecule has 1 aromatic carbocycles. The summed E-state index contributed by atoms with van der Waals surface area (Å²) >= 11 is 0.822. The molecule has 0 atom stereocenters. The summed E-state index contributed by atoms with van der Waals surface area (Å²) in [5, 5.41) is 3.64. The van der Waals surface area contributed by atoms with Gasteiger partial charge in [-0.15, -0.1) is 5.10 Å². The topological polar surface area (TPSA) is 69.2 Å². The number of esters is 2. The highest BCUT2D eigenvalue weighted by atomic mass is 32.1. The molecule has 5 nitrogen and oxygen atoms in total. The molecule has 2 aromatic rings. The predicted molar refractivity (Wildman–Crippen MR) is 53.9 cm³/mol. The van der Waals surface area contributed by atoms with E-state index in [1.807, 2.05) is 0 Å². The minimum atomic E-state index is -5.21. The fraction of sp³-hybridized carbons (Fsp3) is 0.111. The maximum Gasteiger partial charge on any atom is 0.491 e. The zero-order valence-electron chi connectivity index (χ0n) is 8.39. The Morgan fingerprint density at radius 3 is 2.67 bits per heavy atom. The molecule has 9 heteroatoms. The number of hydrogen-bond acceptors (Lipinski definition) is 6. The van der Waals surface area contributed by atoms with Gasteiger partial charge in [0.15, 0.2) is 0 Å². The molecule has 1 heterocycles. The first kappa shape index (κ1) is 12.4. The van der Waals surface area contributed by atoms with E-state index in [1.54, 1.807) is 0 Å². The summed E-state index contributed by atoms with van der Waals surface area (Å²) in [5.74, 6) is -3.93. The lowest BCUT2D eigenvalue weighted by Gasteiger charge is -2.05. The molecule has 0 bridgehead atoms. The van der Waals surface area contributed by atoms with Crippen molar-refractivity contribution in [1.29, 1.82) is 0 Å². The van der Waals surface area contributed by atoms with Crippen molar-refractivity contribution < 1.29 is 27.5 Å².